The molecule has 1 unspecified atom stereocenters. The van der Waals surface area contributed by atoms with E-state index in [-0.39, 0.29) is 17.9 Å². The molecule has 0 spiro atoms. The number of nitrogens with zero attached hydrogens (tertiary/aromatic N) is 1. The van der Waals surface area contributed by atoms with Gasteiger partial charge in [-0.15, -0.1) is 0 Å². The average molecular weight is 298 g/mol. The number of carboxylic acid groups (broad SMARTS) is 1. The van der Waals surface area contributed by atoms with Crippen LogP contribution in [-0.2, 0) is 21.1 Å². The highest BCUT2D eigenvalue weighted by atomic mass is 32.2. The van der Waals surface area contributed by atoms with Crippen molar-refractivity contribution in [2.24, 2.45) is 0 Å². The van der Waals surface area contributed by atoms with Gasteiger partial charge in [-0.05, 0) is 19.1 Å². The number of sulfone groups is 1. The molecule has 1 heterocycles. The third kappa shape index (κ3) is 2.90. The molecular formula is C12H14N2O5S. The fourth-order valence-corrected chi connectivity index (χ4v) is 2.88. The number of aromatic hydroxyl groups is 1. The standard InChI is InChI=1S/C12H14N2O5S/c1-7(12(16)17)20(18,19)5-4-11-13-9-3-2-8(15)6-10(9)14-11/h2-3,6-7,15H,4-5H2,1H3,(H,13,14)(H,16,17). The van der Waals surface area contributed by atoms with E-state index in [0.29, 0.717) is 16.9 Å². The van der Waals surface area contributed by atoms with Gasteiger partial charge in [0.05, 0.1) is 16.8 Å². The van der Waals surface area contributed by atoms with Crippen LogP contribution in [0, 0.1) is 0 Å². The van der Waals surface area contributed by atoms with E-state index in [2.05, 4.69) is 9.97 Å². The highest BCUT2D eigenvalue weighted by Crippen LogP contribution is 2.18. The number of H-pyrrole nitrogens is 1. The van der Waals surface area contributed by atoms with E-state index >= 15 is 0 Å². The Morgan fingerprint density at radius 3 is 2.80 bits per heavy atom. The maximum atomic E-state index is 11.8. The van der Waals surface area contributed by atoms with Gasteiger partial charge in [-0.25, -0.2) is 13.4 Å². The van der Waals surface area contributed by atoms with E-state index in [1.165, 1.54) is 12.1 Å². The van der Waals surface area contributed by atoms with Crippen LogP contribution in [0.15, 0.2) is 18.2 Å². The third-order valence-electron chi connectivity index (χ3n) is 3.02. The fraction of sp³-hybridized carbons (Fsp3) is 0.333. The number of aromatic nitrogens is 2. The Balaban J connectivity index is 2.15. The molecule has 1 aromatic heterocycles. The molecule has 8 heteroatoms. The van der Waals surface area contributed by atoms with E-state index < -0.39 is 21.1 Å². The molecule has 0 aliphatic carbocycles. The lowest BCUT2D eigenvalue weighted by atomic mass is 10.3. The van der Waals surface area contributed by atoms with Gasteiger partial charge in [-0.3, -0.25) is 4.79 Å². The quantitative estimate of drug-likeness (QED) is 0.747. The molecule has 0 radical (unpaired) electrons. The van der Waals surface area contributed by atoms with Crippen LogP contribution in [0.25, 0.3) is 11.0 Å². The molecule has 2 rings (SSSR count). The Morgan fingerprint density at radius 1 is 1.45 bits per heavy atom. The first-order valence-corrected chi connectivity index (χ1v) is 7.63. The highest BCUT2D eigenvalue weighted by Gasteiger charge is 2.27. The predicted octanol–water partition coefficient (Wildman–Crippen LogP) is 0.699. The topological polar surface area (TPSA) is 120 Å². The molecule has 108 valence electrons. The number of phenolic OH excluding ortho intramolecular Hbond substituents is 1. The number of carboxylic acids is 1. The minimum atomic E-state index is -3.71. The molecule has 1 atom stereocenters. The molecule has 0 fully saturated rings. The molecule has 0 aliphatic rings. The lowest BCUT2D eigenvalue weighted by molar-refractivity contribution is -0.136. The number of nitrogens with one attached hydrogen (secondary N) is 1. The molecule has 0 saturated carbocycles. The van der Waals surface area contributed by atoms with Crippen molar-refractivity contribution in [1.82, 2.24) is 9.97 Å². The number of hydrogen-bond acceptors (Lipinski definition) is 5. The lowest BCUT2D eigenvalue weighted by Gasteiger charge is -2.06. The summed E-state index contributed by atoms with van der Waals surface area (Å²) in [5, 5.41) is 16.6. The maximum absolute atomic E-state index is 11.8. The van der Waals surface area contributed by atoms with E-state index in [0.717, 1.165) is 6.92 Å². The molecule has 0 bridgehead atoms. The summed E-state index contributed by atoms with van der Waals surface area (Å²) in [5.41, 5.74) is 1.21. The summed E-state index contributed by atoms with van der Waals surface area (Å²) in [6, 6.07) is 4.58. The van der Waals surface area contributed by atoms with Crippen molar-refractivity contribution in [3.8, 4) is 5.75 Å². The van der Waals surface area contributed by atoms with Crippen LogP contribution >= 0.6 is 0 Å². The smallest absolute Gasteiger partial charge is 0.321 e. The Morgan fingerprint density at radius 2 is 2.15 bits per heavy atom. The number of aryl methyl sites for hydroxylation is 1. The average Bonchev–Trinajstić information content (AvgIpc) is 2.77. The third-order valence-corrected chi connectivity index (χ3v) is 5.08. The summed E-state index contributed by atoms with van der Waals surface area (Å²) in [4.78, 5) is 17.8. The number of imidazole rings is 1. The minimum Gasteiger partial charge on any atom is -0.508 e. The molecule has 7 nitrogen and oxygen atoms in total. The zero-order chi connectivity index (χ0) is 14.9. The molecule has 2 aromatic rings. The zero-order valence-corrected chi connectivity index (χ0v) is 11.5. The monoisotopic (exact) mass is 298 g/mol. The molecule has 0 saturated heterocycles. The number of hydrogen-bond donors (Lipinski definition) is 3. The van der Waals surface area contributed by atoms with Gasteiger partial charge < -0.3 is 15.2 Å². The van der Waals surface area contributed by atoms with Crippen molar-refractivity contribution in [2.75, 3.05) is 5.75 Å². The first-order chi connectivity index (χ1) is 9.29. The first-order valence-electron chi connectivity index (χ1n) is 5.91. The zero-order valence-electron chi connectivity index (χ0n) is 10.7. The Hall–Kier alpha value is -2.09. The van der Waals surface area contributed by atoms with Crippen molar-refractivity contribution in [3.63, 3.8) is 0 Å². The van der Waals surface area contributed by atoms with Gasteiger partial charge in [0, 0.05) is 12.5 Å². The summed E-state index contributed by atoms with van der Waals surface area (Å²) in [7, 11) is -3.71. The minimum absolute atomic E-state index is 0.0832. The number of phenols is 1. The van der Waals surface area contributed by atoms with Crippen LogP contribution in [0.5, 0.6) is 5.75 Å². The lowest BCUT2D eigenvalue weighted by Crippen LogP contribution is -2.29. The van der Waals surface area contributed by atoms with E-state index in [1.807, 2.05) is 0 Å². The van der Waals surface area contributed by atoms with E-state index in [4.69, 9.17) is 5.11 Å². The molecular weight excluding hydrogens is 284 g/mol. The van der Waals surface area contributed by atoms with E-state index in [9.17, 15) is 18.3 Å². The van der Waals surface area contributed by atoms with Crippen molar-refractivity contribution in [3.05, 3.63) is 24.0 Å². The van der Waals surface area contributed by atoms with Crippen LogP contribution < -0.4 is 0 Å². The summed E-state index contributed by atoms with van der Waals surface area (Å²) in [5.74, 6) is -1.14. The fourth-order valence-electron chi connectivity index (χ4n) is 1.74. The second-order valence-corrected chi connectivity index (χ2v) is 6.92. The Labute approximate surface area is 115 Å². The van der Waals surface area contributed by atoms with Crippen molar-refractivity contribution < 1.29 is 23.4 Å². The second-order valence-electron chi connectivity index (χ2n) is 4.48. The van der Waals surface area contributed by atoms with Crippen LogP contribution in [0.4, 0.5) is 0 Å². The largest absolute Gasteiger partial charge is 0.508 e. The number of aliphatic carboxylic acids is 1. The number of carbonyl (C=O) groups is 1. The molecule has 3 N–H and O–H groups in total. The van der Waals surface area contributed by atoms with Crippen LogP contribution in [-0.4, -0.2) is 45.6 Å². The maximum Gasteiger partial charge on any atom is 0.321 e. The van der Waals surface area contributed by atoms with E-state index in [1.54, 1.807) is 6.07 Å². The van der Waals surface area contributed by atoms with Crippen molar-refractivity contribution >= 4 is 26.8 Å². The summed E-state index contributed by atoms with van der Waals surface area (Å²) >= 11 is 0. The Bertz CT molecular complexity index is 750. The molecule has 20 heavy (non-hydrogen) atoms. The van der Waals surface area contributed by atoms with Gasteiger partial charge in [0.1, 0.15) is 11.6 Å². The van der Waals surface area contributed by atoms with Crippen molar-refractivity contribution in [1.29, 1.82) is 0 Å². The van der Waals surface area contributed by atoms with Gasteiger partial charge in [-0.1, -0.05) is 0 Å². The number of rotatable bonds is 5. The van der Waals surface area contributed by atoms with Crippen LogP contribution in [0.1, 0.15) is 12.7 Å². The second kappa shape index (κ2) is 5.12. The van der Waals surface area contributed by atoms with Crippen molar-refractivity contribution in [2.45, 2.75) is 18.6 Å². The van der Waals surface area contributed by atoms with Gasteiger partial charge in [-0.2, -0.15) is 0 Å². The number of fused-ring (bicyclic) bond motifs is 1. The molecule has 0 amide bonds. The van der Waals surface area contributed by atoms with Gasteiger partial charge >= 0.3 is 5.97 Å². The first kappa shape index (κ1) is 14.3. The van der Waals surface area contributed by atoms with Gasteiger partial charge in [0.25, 0.3) is 0 Å². The summed E-state index contributed by atoms with van der Waals surface area (Å²) < 4.78 is 23.5. The highest BCUT2D eigenvalue weighted by molar-refractivity contribution is 7.92. The summed E-state index contributed by atoms with van der Waals surface area (Å²) in [6.07, 6.45) is 0.0927. The summed E-state index contributed by atoms with van der Waals surface area (Å²) in [6.45, 7) is 1.15. The molecule has 1 aromatic carbocycles. The van der Waals surface area contributed by atoms with Gasteiger partial charge in [0.15, 0.2) is 15.1 Å². The van der Waals surface area contributed by atoms with Crippen LogP contribution in [0.2, 0.25) is 0 Å². The molecule has 0 aliphatic heterocycles. The normalized spacial score (nSPS) is 13.4. The SMILES string of the molecule is CC(C(=O)O)S(=O)(=O)CCc1nc2ccc(O)cc2[nH]1. The van der Waals surface area contributed by atoms with Gasteiger partial charge in [0.2, 0.25) is 0 Å². The van der Waals surface area contributed by atoms with Crippen LogP contribution in [0.3, 0.4) is 0 Å². The predicted molar refractivity (Wildman–Crippen MR) is 72.3 cm³/mol. The Kier molecular flexibility index (Phi) is 3.67. The number of aromatic amines is 1. The number of benzene rings is 1.